The first-order valence-corrected chi connectivity index (χ1v) is 12.0. The van der Waals surface area contributed by atoms with E-state index in [1.165, 1.54) is 0 Å². The van der Waals surface area contributed by atoms with Crippen LogP contribution < -0.4 is 19.1 Å². The van der Waals surface area contributed by atoms with E-state index in [0.717, 1.165) is 42.9 Å². The molecule has 1 fully saturated rings. The van der Waals surface area contributed by atoms with Gasteiger partial charge in [-0.25, -0.2) is 8.42 Å². The Balaban J connectivity index is 1.64. The highest BCUT2D eigenvalue weighted by molar-refractivity contribution is 7.92. The van der Waals surface area contributed by atoms with E-state index in [9.17, 15) is 13.2 Å². The third-order valence-corrected chi connectivity index (χ3v) is 6.80. The summed E-state index contributed by atoms with van der Waals surface area (Å²) in [6, 6.07) is 4.05. The standard InChI is InChI=1S/C20H31N3O5S/c1-15(20(24)21-9-6-16-7-10-22(2)11-8-16)23(29(3,25)26)17-4-5-18-19(14-17)28-13-12-27-18/h4-5,14-16H,6-13H2,1-3H3,(H,21,24)/t15-/m0/s1. The topological polar surface area (TPSA) is 88.2 Å². The lowest BCUT2D eigenvalue weighted by molar-refractivity contribution is -0.121. The van der Waals surface area contributed by atoms with Gasteiger partial charge in [0.15, 0.2) is 11.5 Å². The van der Waals surface area contributed by atoms with Crippen molar-refractivity contribution in [3.05, 3.63) is 18.2 Å². The van der Waals surface area contributed by atoms with Gasteiger partial charge in [-0.3, -0.25) is 9.10 Å². The maximum atomic E-state index is 12.7. The van der Waals surface area contributed by atoms with Crippen molar-refractivity contribution in [2.45, 2.75) is 32.2 Å². The number of anilines is 1. The number of nitrogens with zero attached hydrogens (tertiary/aromatic N) is 2. The lowest BCUT2D eigenvalue weighted by atomic mass is 9.94. The van der Waals surface area contributed by atoms with Gasteiger partial charge >= 0.3 is 0 Å². The number of likely N-dealkylation sites (tertiary alicyclic amines) is 1. The highest BCUT2D eigenvalue weighted by atomic mass is 32.2. The van der Waals surface area contributed by atoms with Crippen LogP contribution in [-0.4, -0.2) is 71.4 Å². The van der Waals surface area contributed by atoms with Crippen LogP contribution in [0.5, 0.6) is 11.5 Å². The molecule has 0 aromatic heterocycles. The number of carbonyl (C=O) groups excluding carboxylic acids is 1. The van der Waals surface area contributed by atoms with Crippen LogP contribution in [-0.2, 0) is 14.8 Å². The van der Waals surface area contributed by atoms with Crippen molar-refractivity contribution < 1.29 is 22.7 Å². The van der Waals surface area contributed by atoms with E-state index in [1.54, 1.807) is 25.1 Å². The summed E-state index contributed by atoms with van der Waals surface area (Å²) < 4.78 is 37.1. The molecular weight excluding hydrogens is 394 g/mol. The fourth-order valence-corrected chi connectivity index (χ4v) is 5.04. The van der Waals surface area contributed by atoms with Gasteiger partial charge in [-0.15, -0.1) is 0 Å². The number of amides is 1. The monoisotopic (exact) mass is 425 g/mol. The highest BCUT2D eigenvalue weighted by Crippen LogP contribution is 2.35. The zero-order valence-corrected chi connectivity index (χ0v) is 18.2. The average molecular weight is 426 g/mol. The van der Waals surface area contributed by atoms with Crippen LogP contribution in [0.15, 0.2) is 18.2 Å². The molecule has 0 radical (unpaired) electrons. The van der Waals surface area contributed by atoms with Gasteiger partial charge < -0.3 is 19.7 Å². The summed E-state index contributed by atoms with van der Waals surface area (Å²) >= 11 is 0. The Morgan fingerprint density at radius 1 is 1.24 bits per heavy atom. The Labute approximate surface area is 173 Å². The van der Waals surface area contributed by atoms with Gasteiger partial charge in [-0.2, -0.15) is 0 Å². The normalized spacial score (nSPS) is 18.9. The molecule has 1 atom stereocenters. The highest BCUT2D eigenvalue weighted by Gasteiger charge is 2.30. The van der Waals surface area contributed by atoms with Gasteiger partial charge in [0.1, 0.15) is 19.3 Å². The molecule has 1 amide bonds. The van der Waals surface area contributed by atoms with E-state index in [0.29, 0.717) is 42.9 Å². The molecule has 0 saturated carbocycles. The van der Waals surface area contributed by atoms with Crippen molar-refractivity contribution in [1.82, 2.24) is 10.2 Å². The average Bonchev–Trinajstić information content (AvgIpc) is 2.68. The Bertz CT molecular complexity index is 821. The Hall–Kier alpha value is -2.00. The molecule has 8 nitrogen and oxygen atoms in total. The number of fused-ring (bicyclic) bond motifs is 1. The number of hydrogen-bond donors (Lipinski definition) is 1. The molecule has 2 aliphatic rings. The second-order valence-corrected chi connectivity index (χ2v) is 9.75. The van der Waals surface area contributed by atoms with Gasteiger partial charge in [-0.05, 0) is 64.4 Å². The van der Waals surface area contributed by atoms with E-state index in [1.807, 2.05) is 0 Å². The van der Waals surface area contributed by atoms with Crippen LogP contribution >= 0.6 is 0 Å². The summed E-state index contributed by atoms with van der Waals surface area (Å²) in [5, 5.41) is 2.91. The Kier molecular flexibility index (Phi) is 6.89. The SMILES string of the molecule is C[C@@H](C(=O)NCCC1CCN(C)CC1)N(c1ccc2c(c1)OCCO2)S(C)(=O)=O. The Morgan fingerprint density at radius 3 is 2.55 bits per heavy atom. The summed E-state index contributed by atoms with van der Waals surface area (Å²) in [7, 11) is -1.55. The maximum Gasteiger partial charge on any atom is 0.243 e. The predicted molar refractivity (Wildman–Crippen MR) is 112 cm³/mol. The molecule has 29 heavy (non-hydrogen) atoms. The number of ether oxygens (including phenoxy) is 2. The number of sulfonamides is 1. The molecule has 1 saturated heterocycles. The first-order chi connectivity index (χ1) is 13.8. The van der Waals surface area contributed by atoms with Gasteiger partial charge in [0.05, 0.1) is 11.9 Å². The first-order valence-electron chi connectivity index (χ1n) is 10.1. The number of rotatable bonds is 7. The van der Waals surface area contributed by atoms with E-state index in [4.69, 9.17) is 9.47 Å². The molecule has 1 N–H and O–H groups in total. The quantitative estimate of drug-likeness (QED) is 0.712. The lowest BCUT2D eigenvalue weighted by Gasteiger charge is -2.30. The van der Waals surface area contributed by atoms with Crippen LogP contribution in [0.1, 0.15) is 26.2 Å². The van der Waals surface area contributed by atoms with Crippen molar-refractivity contribution in [3.63, 3.8) is 0 Å². The van der Waals surface area contributed by atoms with E-state index < -0.39 is 16.1 Å². The van der Waals surface area contributed by atoms with Crippen LogP contribution in [0.4, 0.5) is 5.69 Å². The van der Waals surface area contributed by atoms with Crippen molar-refractivity contribution in [2.24, 2.45) is 5.92 Å². The van der Waals surface area contributed by atoms with Crippen LogP contribution in [0.3, 0.4) is 0 Å². The molecule has 0 spiro atoms. The van der Waals surface area contributed by atoms with E-state index >= 15 is 0 Å². The molecule has 1 aromatic carbocycles. The first kappa shape index (κ1) is 21.7. The summed E-state index contributed by atoms with van der Waals surface area (Å²) in [5.74, 6) is 1.35. The molecule has 2 aliphatic heterocycles. The minimum Gasteiger partial charge on any atom is -0.486 e. The summed E-state index contributed by atoms with van der Waals surface area (Å²) in [4.78, 5) is 15.0. The predicted octanol–water partition coefficient (Wildman–Crippen LogP) is 1.46. The summed E-state index contributed by atoms with van der Waals surface area (Å²) in [5.41, 5.74) is 0.384. The molecular formula is C20H31N3O5S. The zero-order valence-electron chi connectivity index (χ0n) is 17.4. The number of benzene rings is 1. The van der Waals surface area contributed by atoms with Crippen LogP contribution in [0.2, 0.25) is 0 Å². The minimum absolute atomic E-state index is 0.307. The number of carbonyl (C=O) groups is 1. The number of hydrogen-bond acceptors (Lipinski definition) is 6. The third-order valence-electron chi connectivity index (χ3n) is 5.56. The lowest BCUT2D eigenvalue weighted by Crippen LogP contribution is -2.48. The van der Waals surface area contributed by atoms with Crippen LogP contribution in [0.25, 0.3) is 0 Å². The Morgan fingerprint density at radius 2 is 1.90 bits per heavy atom. The zero-order chi connectivity index (χ0) is 21.0. The largest absolute Gasteiger partial charge is 0.486 e. The molecule has 2 heterocycles. The summed E-state index contributed by atoms with van der Waals surface area (Å²) in [6.45, 7) is 5.18. The molecule has 162 valence electrons. The van der Waals surface area contributed by atoms with Gasteiger partial charge in [0, 0.05) is 12.6 Å². The smallest absolute Gasteiger partial charge is 0.243 e. The molecule has 9 heteroatoms. The van der Waals surface area contributed by atoms with Crippen molar-refractivity contribution in [3.8, 4) is 11.5 Å². The molecule has 3 rings (SSSR count). The maximum absolute atomic E-state index is 12.7. The number of nitrogens with one attached hydrogen (secondary N) is 1. The van der Waals surface area contributed by atoms with E-state index in [2.05, 4.69) is 17.3 Å². The van der Waals surface area contributed by atoms with Gasteiger partial charge in [-0.1, -0.05) is 0 Å². The number of piperidine rings is 1. The second kappa shape index (κ2) is 9.21. The van der Waals surface area contributed by atoms with Crippen LogP contribution in [0, 0.1) is 5.92 Å². The molecule has 0 unspecified atom stereocenters. The minimum atomic E-state index is -3.67. The van der Waals surface area contributed by atoms with Gasteiger partial charge in [0.2, 0.25) is 15.9 Å². The van der Waals surface area contributed by atoms with Crippen molar-refractivity contribution >= 4 is 21.6 Å². The molecule has 0 bridgehead atoms. The molecule has 0 aliphatic carbocycles. The van der Waals surface area contributed by atoms with Gasteiger partial charge in [0.25, 0.3) is 0 Å². The fourth-order valence-electron chi connectivity index (χ4n) is 3.88. The molecule has 1 aromatic rings. The van der Waals surface area contributed by atoms with E-state index in [-0.39, 0.29) is 5.91 Å². The van der Waals surface area contributed by atoms with Crippen molar-refractivity contribution in [2.75, 3.05) is 50.5 Å². The fraction of sp³-hybridized carbons (Fsp3) is 0.650. The van der Waals surface area contributed by atoms with Crippen molar-refractivity contribution in [1.29, 1.82) is 0 Å². The third kappa shape index (κ3) is 5.54. The second-order valence-electron chi connectivity index (χ2n) is 7.89. The summed E-state index contributed by atoms with van der Waals surface area (Å²) in [6.07, 6.45) is 4.28.